The van der Waals surface area contributed by atoms with Gasteiger partial charge in [-0.1, -0.05) is 42.5 Å². The topological polar surface area (TPSA) is 52.1 Å². The largest absolute Gasteiger partial charge is 0.379 e. The maximum atomic E-state index is 5.46. The maximum Gasteiger partial charge on any atom is 0.191 e. The Kier molecular flexibility index (Phi) is 10.1. The molecule has 0 saturated carbocycles. The zero-order chi connectivity index (χ0) is 21.3. The van der Waals surface area contributed by atoms with E-state index in [0.29, 0.717) is 12.6 Å². The van der Waals surface area contributed by atoms with Gasteiger partial charge in [-0.2, -0.15) is 0 Å². The SMILES string of the molecule is CCNC(=NCc1cccc(CN2CCOCC2)c1)NC1CCN(c2ccccc2)C1.I. The molecule has 174 valence electrons. The van der Waals surface area contributed by atoms with Crippen molar-refractivity contribution in [1.29, 1.82) is 0 Å². The molecule has 6 nitrogen and oxygen atoms in total. The Morgan fingerprint density at radius 1 is 1.03 bits per heavy atom. The molecule has 2 heterocycles. The summed E-state index contributed by atoms with van der Waals surface area (Å²) in [6.45, 7) is 10.4. The minimum atomic E-state index is 0. The van der Waals surface area contributed by atoms with Crippen molar-refractivity contribution in [3.8, 4) is 0 Å². The van der Waals surface area contributed by atoms with Crippen LogP contribution in [0.1, 0.15) is 24.5 Å². The molecule has 1 atom stereocenters. The zero-order valence-electron chi connectivity index (χ0n) is 19.0. The van der Waals surface area contributed by atoms with E-state index in [1.807, 2.05) is 0 Å². The highest BCUT2D eigenvalue weighted by atomic mass is 127. The second-order valence-electron chi connectivity index (χ2n) is 8.32. The number of ether oxygens (including phenoxy) is 1. The van der Waals surface area contributed by atoms with Crippen molar-refractivity contribution in [3.05, 3.63) is 65.7 Å². The number of aliphatic imine (C=N–C) groups is 1. The van der Waals surface area contributed by atoms with Crippen LogP contribution in [-0.4, -0.2) is 62.8 Å². The molecule has 2 aliphatic heterocycles. The van der Waals surface area contributed by atoms with Crippen molar-refractivity contribution in [2.24, 2.45) is 4.99 Å². The Morgan fingerprint density at radius 3 is 2.59 bits per heavy atom. The number of guanidine groups is 1. The molecule has 1 unspecified atom stereocenters. The second kappa shape index (κ2) is 13.0. The van der Waals surface area contributed by atoms with Gasteiger partial charge in [0.2, 0.25) is 0 Å². The number of benzene rings is 2. The van der Waals surface area contributed by atoms with Crippen LogP contribution in [0.2, 0.25) is 0 Å². The smallest absolute Gasteiger partial charge is 0.191 e. The lowest BCUT2D eigenvalue weighted by molar-refractivity contribution is 0.0342. The van der Waals surface area contributed by atoms with Gasteiger partial charge in [-0.15, -0.1) is 24.0 Å². The van der Waals surface area contributed by atoms with Gasteiger partial charge in [0.1, 0.15) is 0 Å². The zero-order valence-corrected chi connectivity index (χ0v) is 21.3. The fourth-order valence-electron chi connectivity index (χ4n) is 4.28. The van der Waals surface area contributed by atoms with Crippen LogP contribution in [0.5, 0.6) is 0 Å². The summed E-state index contributed by atoms with van der Waals surface area (Å²) in [6, 6.07) is 19.9. The van der Waals surface area contributed by atoms with Crippen molar-refractivity contribution in [2.45, 2.75) is 32.5 Å². The summed E-state index contributed by atoms with van der Waals surface area (Å²) >= 11 is 0. The number of halogens is 1. The summed E-state index contributed by atoms with van der Waals surface area (Å²) in [5.41, 5.74) is 3.90. The molecular formula is C25H36IN5O. The average Bonchev–Trinajstić information content (AvgIpc) is 3.28. The first kappa shape index (κ1) is 24.8. The highest BCUT2D eigenvalue weighted by Crippen LogP contribution is 2.19. The quantitative estimate of drug-likeness (QED) is 0.315. The minimum Gasteiger partial charge on any atom is -0.379 e. The first-order chi connectivity index (χ1) is 15.3. The lowest BCUT2D eigenvalue weighted by Crippen LogP contribution is -2.44. The van der Waals surface area contributed by atoms with Gasteiger partial charge in [-0.3, -0.25) is 4.90 Å². The monoisotopic (exact) mass is 549 g/mol. The lowest BCUT2D eigenvalue weighted by atomic mass is 10.1. The van der Waals surface area contributed by atoms with Crippen molar-refractivity contribution in [3.63, 3.8) is 0 Å². The molecule has 32 heavy (non-hydrogen) atoms. The molecule has 0 bridgehead atoms. The van der Waals surface area contributed by atoms with E-state index in [9.17, 15) is 0 Å². The Labute approximate surface area is 209 Å². The summed E-state index contributed by atoms with van der Waals surface area (Å²) in [4.78, 5) is 9.77. The Balaban J connectivity index is 0.00000289. The van der Waals surface area contributed by atoms with Crippen LogP contribution in [0.4, 0.5) is 5.69 Å². The number of nitrogens with one attached hydrogen (secondary N) is 2. The van der Waals surface area contributed by atoms with Crippen molar-refractivity contribution >= 4 is 35.6 Å². The summed E-state index contributed by atoms with van der Waals surface area (Å²) in [5.74, 6) is 0.904. The molecule has 2 aliphatic rings. The number of hydrogen-bond donors (Lipinski definition) is 2. The first-order valence-corrected chi connectivity index (χ1v) is 11.5. The third-order valence-corrected chi connectivity index (χ3v) is 5.92. The van der Waals surface area contributed by atoms with Gasteiger partial charge in [-0.05, 0) is 36.6 Å². The second-order valence-corrected chi connectivity index (χ2v) is 8.32. The van der Waals surface area contributed by atoms with Gasteiger partial charge in [0.25, 0.3) is 0 Å². The standard InChI is InChI=1S/C25H35N5O.HI/c1-2-26-25(28-23-11-12-30(20-23)24-9-4-3-5-10-24)27-18-21-7-6-8-22(17-21)19-29-13-15-31-16-14-29;/h3-10,17,23H,2,11-16,18-20H2,1H3,(H2,26,27,28);1H. The maximum absolute atomic E-state index is 5.46. The van der Waals surface area contributed by atoms with Crippen LogP contribution >= 0.6 is 24.0 Å². The van der Waals surface area contributed by atoms with Crippen LogP contribution in [-0.2, 0) is 17.8 Å². The van der Waals surface area contributed by atoms with E-state index >= 15 is 0 Å². The molecule has 0 amide bonds. The predicted octanol–water partition coefficient (Wildman–Crippen LogP) is 3.47. The highest BCUT2D eigenvalue weighted by Gasteiger charge is 2.23. The molecule has 2 saturated heterocycles. The van der Waals surface area contributed by atoms with Gasteiger partial charge in [0.05, 0.1) is 19.8 Å². The summed E-state index contributed by atoms with van der Waals surface area (Å²) in [7, 11) is 0. The number of anilines is 1. The fourth-order valence-corrected chi connectivity index (χ4v) is 4.28. The molecule has 2 fully saturated rings. The molecule has 2 aromatic carbocycles. The summed E-state index contributed by atoms with van der Waals surface area (Å²) in [5, 5.41) is 7.06. The Bertz CT molecular complexity index is 841. The third-order valence-electron chi connectivity index (χ3n) is 5.92. The van der Waals surface area contributed by atoms with E-state index in [-0.39, 0.29) is 24.0 Å². The van der Waals surface area contributed by atoms with Gasteiger partial charge in [0.15, 0.2) is 5.96 Å². The highest BCUT2D eigenvalue weighted by molar-refractivity contribution is 14.0. The molecule has 0 spiro atoms. The number of hydrogen-bond acceptors (Lipinski definition) is 4. The molecule has 2 N–H and O–H groups in total. The van der Waals surface area contributed by atoms with E-state index in [2.05, 4.69) is 82.0 Å². The fraction of sp³-hybridized carbons (Fsp3) is 0.480. The average molecular weight is 550 g/mol. The number of nitrogens with zero attached hydrogens (tertiary/aromatic N) is 3. The molecule has 2 aromatic rings. The van der Waals surface area contributed by atoms with Crippen molar-refractivity contribution < 1.29 is 4.74 Å². The van der Waals surface area contributed by atoms with Crippen molar-refractivity contribution in [1.82, 2.24) is 15.5 Å². The summed E-state index contributed by atoms with van der Waals surface area (Å²) < 4.78 is 5.46. The normalized spacial score (nSPS) is 19.5. The van der Waals surface area contributed by atoms with Crippen LogP contribution in [0, 0.1) is 0 Å². The van der Waals surface area contributed by atoms with Gasteiger partial charge >= 0.3 is 0 Å². The number of morpholine rings is 1. The summed E-state index contributed by atoms with van der Waals surface area (Å²) in [6.07, 6.45) is 1.12. The van der Waals surface area contributed by atoms with E-state index < -0.39 is 0 Å². The molecular weight excluding hydrogens is 513 g/mol. The van der Waals surface area contributed by atoms with Crippen LogP contribution in [0.15, 0.2) is 59.6 Å². The van der Waals surface area contributed by atoms with Crippen LogP contribution < -0.4 is 15.5 Å². The van der Waals surface area contributed by atoms with Crippen LogP contribution in [0.25, 0.3) is 0 Å². The van der Waals surface area contributed by atoms with Gasteiger partial charge in [0, 0.05) is 51.0 Å². The van der Waals surface area contributed by atoms with E-state index in [1.165, 1.54) is 16.8 Å². The van der Waals surface area contributed by atoms with Gasteiger partial charge in [-0.25, -0.2) is 4.99 Å². The molecule has 4 rings (SSSR count). The van der Waals surface area contributed by atoms with E-state index in [4.69, 9.17) is 9.73 Å². The number of rotatable bonds is 7. The molecule has 0 aliphatic carbocycles. The van der Waals surface area contributed by atoms with E-state index in [1.54, 1.807) is 0 Å². The van der Waals surface area contributed by atoms with Gasteiger partial charge < -0.3 is 20.3 Å². The van der Waals surface area contributed by atoms with E-state index in [0.717, 1.165) is 64.9 Å². The lowest BCUT2D eigenvalue weighted by Gasteiger charge is -2.26. The van der Waals surface area contributed by atoms with Crippen molar-refractivity contribution in [2.75, 3.05) is 50.8 Å². The predicted molar refractivity (Wildman–Crippen MR) is 143 cm³/mol. The van der Waals surface area contributed by atoms with Crippen LogP contribution in [0.3, 0.4) is 0 Å². The molecule has 7 heteroatoms. The first-order valence-electron chi connectivity index (χ1n) is 11.5. The number of para-hydroxylation sites is 1. The Morgan fingerprint density at radius 2 is 1.81 bits per heavy atom. The molecule has 0 aromatic heterocycles. The third kappa shape index (κ3) is 7.35. The minimum absolute atomic E-state index is 0. The Hall–Kier alpha value is -1.84. The molecule has 0 radical (unpaired) electrons.